The maximum atomic E-state index is 11.6. The molecule has 0 aliphatic heterocycles. The van der Waals surface area contributed by atoms with Gasteiger partial charge in [-0.1, -0.05) is 32.0 Å². The molecule has 1 aromatic rings. The highest BCUT2D eigenvalue weighted by Gasteiger charge is 2.20. The van der Waals surface area contributed by atoms with E-state index < -0.39 is 8.03 Å². The van der Waals surface area contributed by atoms with Gasteiger partial charge in [0.1, 0.15) is 6.61 Å². The lowest BCUT2D eigenvalue weighted by molar-refractivity contribution is 0.306. The molecular weight excluding hydrogens is 195 g/mol. The van der Waals surface area contributed by atoms with Gasteiger partial charge in [-0.25, -0.2) is 0 Å². The van der Waals surface area contributed by atoms with Gasteiger partial charge < -0.3 is 0 Å². The average Bonchev–Trinajstić information content (AvgIpc) is 2.18. The normalized spacial score (nSPS) is 11.8. The minimum Gasteiger partial charge on any atom is -0.142 e. The van der Waals surface area contributed by atoms with Crippen LogP contribution in [0.1, 0.15) is 20.3 Å². The standard InChI is InChI=1S/C11H16O2P/c1-10(2)8-9-13-14(12)11-6-4-3-5-7-11/h3-7,10H,8-9H2,1-2H3/q+1. The minimum atomic E-state index is -1.66. The third-order valence-corrected chi connectivity index (χ3v) is 3.01. The Morgan fingerprint density at radius 1 is 1.29 bits per heavy atom. The first kappa shape index (κ1) is 11.4. The first-order valence-electron chi connectivity index (χ1n) is 4.85. The van der Waals surface area contributed by atoms with Crippen molar-refractivity contribution in [3.05, 3.63) is 30.3 Å². The van der Waals surface area contributed by atoms with Gasteiger partial charge in [0.05, 0.1) is 0 Å². The van der Waals surface area contributed by atoms with Crippen molar-refractivity contribution in [2.24, 2.45) is 5.92 Å². The molecule has 0 bridgehead atoms. The molecule has 3 heteroatoms. The summed E-state index contributed by atoms with van der Waals surface area (Å²) in [5, 5.41) is 0.770. The van der Waals surface area contributed by atoms with Gasteiger partial charge in [0, 0.05) is 0 Å². The maximum Gasteiger partial charge on any atom is 0.548 e. The zero-order valence-corrected chi connectivity index (χ0v) is 9.54. The molecule has 0 saturated carbocycles. The Bertz CT molecular complexity index is 283. The third kappa shape index (κ3) is 3.99. The zero-order valence-electron chi connectivity index (χ0n) is 8.64. The average molecular weight is 211 g/mol. The van der Waals surface area contributed by atoms with Crippen LogP contribution in [0.25, 0.3) is 0 Å². The Labute approximate surface area is 86.2 Å². The smallest absolute Gasteiger partial charge is 0.142 e. The summed E-state index contributed by atoms with van der Waals surface area (Å²) in [6, 6.07) is 9.30. The summed E-state index contributed by atoms with van der Waals surface area (Å²) in [6.07, 6.45) is 0.952. The fourth-order valence-electron chi connectivity index (χ4n) is 0.996. The second-order valence-corrected chi connectivity index (χ2v) is 4.90. The van der Waals surface area contributed by atoms with Crippen LogP contribution < -0.4 is 5.30 Å². The molecule has 0 aliphatic rings. The molecule has 76 valence electrons. The van der Waals surface area contributed by atoms with E-state index in [9.17, 15) is 4.57 Å². The lowest BCUT2D eigenvalue weighted by Crippen LogP contribution is -2.00. The highest BCUT2D eigenvalue weighted by molar-refractivity contribution is 7.48. The first-order chi connectivity index (χ1) is 6.70. The number of rotatable bonds is 5. The van der Waals surface area contributed by atoms with E-state index in [0.29, 0.717) is 12.5 Å². The SMILES string of the molecule is CC(C)CCO[P+](=O)c1ccccc1. The molecule has 1 unspecified atom stereocenters. The summed E-state index contributed by atoms with van der Waals surface area (Å²) < 4.78 is 16.8. The molecule has 1 atom stereocenters. The number of benzene rings is 1. The fraction of sp³-hybridized carbons (Fsp3) is 0.455. The van der Waals surface area contributed by atoms with Gasteiger partial charge in [-0.3, -0.25) is 0 Å². The predicted molar refractivity (Wildman–Crippen MR) is 59.1 cm³/mol. The summed E-state index contributed by atoms with van der Waals surface area (Å²) in [4.78, 5) is 0. The molecule has 0 N–H and O–H groups in total. The van der Waals surface area contributed by atoms with E-state index in [2.05, 4.69) is 13.8 Å². The molecule has 0 spiro atoms. The summed E-state index contributed by atoms with van der Waals surface area (Å²) >= 11 is 0. The van der Waals surface area contributed by atoms with E-state index in [1.165, 1.54) is 0 Å². The highest BCUT2D eigenvalue weighted by Crippen LogP contribution is 2.21. The molecule has 0 heterocycles. The number of hydrogen-bond acceptors (Lipinski definition) is 2. The van der Waals surface area contributed by atoms with Crippen molar-refractivity contribution in [3.8, 4) is 0 Å². The van der Waals surface area contributed by atoms with Crippen LogP contribution >= 0.6 is 8.03 Å². The van der Waals surface area contributed by atoms with Crippen LogP contribution in [0.4, 0.5) is 0 Å². The van der Waals surface area contributed by atoms with Crippen LogP contribution in [0.5, 0.6) is 0 Å². The summed E-state index contributed by atoms with van der Waals surface area (Å²) in [5.41, 5.74) is 0. The van der Waals surface area contributed by atoms with Gasteiger partial charge in [0.15, 0.2) is 0 Å². The second-order valence-electron chi connectivity index (χ2n) is 3.61. The lowest BCUT2D eigenvalue weighted by atomic mass is 10.2. The Kier molecular flexibility index (Phi) is 4.78. The van der Waals surface area contributed by atoms with Gasteiger partial charge in [-0.05, 0) is 29.0 Å². The quantitative estimate of drug-likeness (QED) is 0.699. The summed E-state index contributed by atoms with van der Waals surface area (Å²) in [7, 11) is -1.66. The van der Waals surface area contributed by atoms with E-state index in [1.807, 2.05) is 30.3 Å². The first-order valence-corrected chi connectivity index (χ1v) is 6.03. The summed E-state index contributed by atoms with van der Waals surface area (Å²) in [6.45, 7) is 4.82. The van der Waals surface area contributed by atoms with Crippen molar-refractivity contribution in [2.75, 3.05) is 6.61 Å². The van der Waals surface area contributed by atoms with Crippen LogP contribution in [0.3, 0.4) is 0 Å². The molecule has 0 saturated heterocycles. The molecule has 1 rings (SSSR count). The summed E-state index contributed by atoms with van der Waals surface area (Å²) in [5.74, 6) is 0.592. The van der Waals surface area contributed by atoms with Crippen molar-refractivity contribution in [2.45, 2.75) is 20.3 Å². The van der Waals surface area contributed by atoms with Crippen LogP contribution in [0, 0.1) is 5.92 Å². The molecular formula is C11H16O2P+. The lowest BCUT2D eigenvalue weighted by Gasteiger charge is -1.97. The fourth-order valence-corrected chi connectivity index (χ4v) is 1.83. The Morgan fingerprint density at radius 3 is 2.50 bits per heavy atom. The topological polar surface area (TPSA) is 26.3 Å². The van der Waals surface area contributed by atoms with Gasteiger partial charge >= 0.3 is 8.03 Å². The van der Waals surface area contributed by atoms with E-state index in [-0.39, 0.29) is 0 Å². The predicted octanol–water partition coefficient (Wildman–Crippen LogP) is 3.12. The van der Waals surface area contributed by atoms with Crippen molar-refractivity contribution < 1.29 is 9.09 Å². The Balaban J connectivity index is 2.36. The van der Waals surface area contributed by atoms with Crippen molar-refractivity contribution in [1.82, 2.24) is 0 Å². The second kappa shape index (κ2) is 5.90. The van der Waals surface area contributed by atoms with E-state index in [4.69, 9.17) is 4.52 Å². The van der Waals surface area contributed by atoms with Crippen LogP contribution in [-0.2, 0) is 9.09 Å². The third-order valence-electron chi connectivity index (χ3n) is 1.87. The molecule has 0 radical (unpaired) electrons. The highest BCUT2D eigenvalue weighted by atomic mass is 31.1. The molecule has 0 fully saturated rings. The van der Waals surface area contributed by atoms with Gasteiger partial charge in [-0.2, -0.15) is 0 Å². The van der Waals surface area contributed by atoms with Crippen molar-refractivity contribution in [3.63, 3.8) is 0 Å². The molecule has 0 amide bonds. The minimum absolute atomic E-state index is 0.571. The molecule has 0 aromatic heterocycles. The Morgan fingerprint density at radius 2 is 1.93 bits per heavy atom. The van der Waals surface area contributed by atoms with Crippen molar-refractivity contribution >= 4 is 13.3 Å². The maximum absolute atomic E-state index is 11.6. The van der Waals surface area contributed by atoms with Crippen molar-refractivity contribution in [1.29, 1.82) is 0 Å². The van der Waals surface area contributed by atoms with Gasteiger partial charge in [-0.15, -0.1) is 4.52 Å². The van der Waals surface area contributed by atoms with E-state index in [1.54, 1.807) is 0 Å². The van der Waals surface area contributed by atoms with E-state index in [0.717, 1.165) is 11.7 Å². The van der Waals surface area contributed by atoms with Gasteiger partial charge in [0.25, 0.3) is 0 Å². The molecule has 2 nitrogen and oxygen atoms in total. The largest absolute Gasteiger partial charge is 0.548 e. The number of hydrogen-bond donors (Lipinski definition) is 0. The van der Waals surface area contributed by atoms with Crippen LogP contribution in [0.15, 0.2) is 30.3 Å². The monoisotopic (exact) mass is 211 g/mol. The molecule has 0 aliphatic carbocycles. The van der Waals surface area contributed by atoms with Gasteiger partial charge in [0.2, 0.25) is 5.30 Å². The van der Waals surface area contributed by atoms with Crippen LogP contribution in [0.2, 0.25) is 0 Å². The molecule has 1 aromatic carbocycles. The van der Waals surface area contributed by atoms with Crippen LogP contribution in [-0.4, -0.2) is 6.61 Å². The van der Waals surface area contributed by atoms with E-state index >= 15 is 0 Å². The Hall–Kier alpha value is -0.720. The molecule has 14 heavy (non-hydrogen) atoms. The zero-order chi connectivity index (χ0) is 10.4.